The van der Waals surface area contributed by atoms with Crippen molar-refractivity contribution < 1.29 is 36.2 Å². The molecule has 204 valence electrons. The van der Waals surface area contributed by atoms with Gasteiger partial charge in [-0.1, -0.05) is 55.8 Å². The Hall–Kier alpha value is -3.27. The highest BCUT2D eigenvalue weighted by Gasteiger charge is 2.34. The zero-order valence-electron chi connectivity index (χ0n) is 20.9. The molecule has 0 unspecified atom stereocenters. The molecule has 3 nitrogen and oxygen atoms in total. The molecule has 1 aliphatic rings. The Kier molecular flexibility index (Phi) is 8.02. The number of alkyl halides is 3. The van der Waals surface area contributed by atoms with Gasteiger partial charge in [0, 0.05) is 15.5 Å². The summed E-state index contributed by atoms with van der Waals surface area (Å²) in [6.45, 7) is 2.93. The van der Waals surface area contributed by atoms with Crippen molar-refractivity contribution in [1.29, 1.82) is 0 Å². The van der Waals surface area contributed by atoms with E-state index in [1.54, 1.807) is 0 Å². The number of fused-ring (bicyclic) bond motifs is 1. The minimum absolute atomic E-state index is 0.00626. The number of halogens is 5. The molecule has 9 heteroatoms. The van der Waals surface area contributed by atoms with E-state index < -0.39 is 30.0 Å². The maximum atomic E-state index is 13.9. The second kappa shape index (κ2) is 11.5. The van der Waals surface area contributed by atoms with Gasteiger partial charge >= 0.3 is 6.36 Å². The van der Waals surface area contributed by atoms with E-state index in [1.807, 2.05) is 11.3 Å². The van der Waals surface area contributed by atoms with Crippen LogP contribution in [0.25, 0.3) is 27.3 Å². The second-order valence-electron chi connectivity index (χ2n) is 9.29. The van der Waals surface area contributed by atoms with Crippen LogP contribution in [0, 0.1) is 11.6 Å². The Labute approximate surface area is 226 Å². The molecule has 1 aromatic heterocycles. The van der Waals surface area contributed by atoms with Gasteiger partial charge in [-0.15, -0.1) is 24.5 Å². The van der Waals surface area contributed by atoms with Crippen molar-refractivity contribution in [2.75, 3.05) is 13.2 Å². The minimum Gasteiger partial charge on any atom is -0.399 e. The molecule has 1 saturated heterocycles. The molecule has 3 aromatic carbocycles. The molecule has 0 saturated carbocycles. The SMILES string of the molecule is CCCc1cc2ccc(-c3ccc(C4COC(/C=C/c5cc(F)c(OC(F)(F)F)c(F)c5)OC4)cc3)cc2s1. The van der Waals surface area contributed by atoms with Crippen LogP contribution in [0.3, 0.4) is 0 Å². The van der Waals surface area contributed by atoms with Gasteiger partial charge in [-0.2, -0.15) is 0 Å². The van der Waals surface area contributed by atoms with Gasteiger partial charge in [-0.25, -0.2) is 8.78 Å². The summed E-state index contributed by atoms with van der Waals surface area (Å²) in [6.07, 6.45) is -0.964. The lowest BCUT2D eigenvalue weighted by molar-refractivity contribution is -0.276. The van der Waals surface area contributed by atoms with Crippen molar-refractivity contribution in [2.24, 2.45) is 0 Å². The van der Waals surface area contributed by atoms with Crippen LogP contribution >= 0.6 is 11.3 Å². The fourth-order valence-electron chi connectivity index (χ4n) is 4.48. The van der Waals surface area contributed by atoms with Crippen molar-refractivity contribution in [3.63, 3.8) is 0 Å². The minimum atomic E-state index is -5.20. The first-order valence-electron chi connectivity index (χ1n) is 12.5. The largest absolute Gasteiger partial charge is 0.573 e. The van der Waals surface area contributed by atoms with Crippen molar-refractivity contribution in [2.45, 2.75) is 38.3 Å². The molecular weight excluding hydrogens is 535 g/mol. The Morgan fingerprint density at radius 1 is 0.923 bits per heavy atom. The van der Waals surface area contributed by atoms with Crippen molar-refractivity contribution in [3.05, 3.63) is 94.4 Å². The Morgan fingerprint density at radius 2 is 1.59 bits per heavy atom. The molecule has 1 fully saturated rings. The fraction of sp³-hybridized carbons (Fsp3) is 0.267. The van der Waals surface area contributed by atoms with Crippen LogP contribution in [0.2, 0.25) is 0 Å². The number of ether oxygens (including phenoxy) is 3. The van der Waals surface area contributed by atoms with E-state index in [2.05, 4.69) is 60.2 Å². The third-order valence-corrected chi connectivity index (χ3v) is 7.55. The molecule has 0 radical (unpaired) electrons. The number of thiophene rings is 1. The van der Waals surface area contributed by atoms with Crippen molar-refractivity contribution >= 4 is 27.5 Å². The molecule has 2 heterocycles. The summed E-state index contributed by atoms with van der Waals surface area (Å²) in [6, 6.07) is 18.6. The van der Waals surface area contributed by atoms with E-state index in [0.717, 1.165) is 41.7 Å². The number of hydrogen-bond acceptors (Lipinski definition) is 4. The van der Waals surface area contributed by atoms with Gasteiger partial charge in [0.1, 0.15) is 0 Å². The third kappa shape index (κ3) is 6.66. The summed E-state index contributed by atoms with van der Waals surface area (Å²) >= 11 is 1.84. The van der Waals surface area contributed by atoms with E-state index in [1.165, 1.54) is 27.1 Å². The van der Waals surface area contributed by atoms with Crippen molar-refractivity contribution in [1.82, 2.24) is 0 Å². The van der Waals surface area contributed by atoms with Crippen LogP contribution < -0.4 is 4.74 Å². The zero-order chi connectivity index (χ0) is 27.6. The average Bonchev–Trinajstić information content (AvgIpc) is 3.31. The van der Waals surface area contributed by atoms with Crippen LogP contribution in [0.4, 0.5) is 22.0 Å². The highest BCUT2D eigenvalue weighted by Crippen LogP contribution is 2.33. The summed E-state index contributed by atoms with van der Waals surface area (Å²) in [4.78, 5) is 1.40. The lowest BCUT2D eigenvalue weighted by atomic mass is 9.96. The standard InChI is InChI=1S/C30H25F5O3S/c1-2-3-24-14-22-10-9-21(15-27(22)39-24)19-5-7-20(8-6-19)23-16-36-28(37-17-23)11-4-18-12-25(31)29(26(32)13-18)38-30(33,34)35/h4-15,23,28H,2-3,16-17H2,1H3/b11-4+. The Morgan fingerprint density at radius 3 is 2.23 bits per heavy atom. The van der Waals surface area contributed by atoms with Crippen LogP contribution in [0.5, 0.6) is 5.75 Å². The zero-order valence-corrected chi connectivity index (χ0v) is 21.8. The van der Waals surface area contributed by atoms with Crippen LogP contribution in [0.1, 0.15) is 35.3 Å². The molecule has 0 N–H and O–H groups in total. The van der Waals surface area contributed by atoms with Gasteiger partial charge in [-0.3, -0.25) is 0 Å². The monoisotopic (exact) mass is 560 g/mol. The predicted octanol–water partition coefficient (Wildman–Crippen LogP) is 8.87. The van der Waals surface area contributed by atoms with Gasteiger partial charge in [0.15, 0.2) is 17.9 Å². The fourth-order valence-corrected chi connectivity index (χ4v) is 5.69. The van der Waals surface area contributed by atoms with E-state index in [-0.39, 0.29) is 11.5 Å². The molecule has 4 aromatic rings. The number of benzene rings is 3. The summed E-state index contributed by atoms with van der Waals surface area (Å²) in [7, 11) is 0. The normalized spacial score (nSPS) is 18.2. The molecule has 1 aliphatic heterocycles. The molecule has 0 amide bonds. The van der Waals surface area contributed by atoms with E-state index >= 15 is 0 Å². The summed E-state index contributed by atoms with van der Waals surface area (Å²) < 4.78 is 80.9. The summed E-state index contributed by atoms with van der Waals surface area (Å²) in [5.41, 5.74) is 3.35. The van der Waals surface area contributed by atoms with E-state index in [9.17, 15) is 22.0 Å². The smallest absolute Gasteiger partial charge is 0.399 e. The topological polar surface area (TPSA) is 27.7 Å². The molecular formula is C30H25F5O3S. The Balaban J connectivity index is 1.19. The van der Waals surface area contributed by atoms with Crippen LogP contribution in [-0.2, 0) is 15.9 Å². The third-order valence-electron chi connectivity index (χ3n) is 6.39. The van der Waals surface area contributed by atoms with E-state index in [4.69, 9.17) is 9.47 Å². The maximum Gasteiger partial charge on any atom is 0.573 e. The molecule has 39 heavy (non-hydrogen) atoms. The molecule has 0 spiro atoms. The lowest BCUT2D eigenvalue weighted by Crippen LogP contribution is -2.29. The first-order valence-corrected chi connectivity index (χ1v) is 13.3. The maximum absolute atomic E-state index is 13.9. The van der Waals surface area contributed by atoms with Gasteiger partial charge in [0.2, 0.25) is 5.75 Å². The average molecular weight is 561 g/mol. The van der Waals surface area contributed by atoms with Gasteiger partial charge in [-0.05, 0) is 64.4 Å². The quantitative estimate of drug-likeness (QED) is 0.211. The highest BCUT2D eigenvalue weighted by molar-refractivity contribution is 7.19. The Bertz CT molecular complexity index is 1450. The number of rotatable bonds is 7. The van der Waals surface area contributed by atoms with E-state index in [0.29, 0.717) is 13.2 Å². The first-order chi connectivity index (χ1) is 18.7. The van der Waals surface area contributed by atoms with Crippen LogP contribution in [-0.4, -0.2) is 25.9 Å². The highest BCUT2D eigenvalue weighted by atomic mass is 32.1. The van der Waals surface area contributed by atoms with Crippen LogP contribution in [0.15, 0.2) is 66.7 Å². The van der Waals surface area contributed by atoms with Crippen molar-refractivity contribution in [3.8, 4) is 16.9 Å². The predicted molar refractivity (Wildman–Crippen MR) is 142 cm³/mol. The van der Waals surface area contributed by atoms with Gasteiger partial charge < -0.3 is 14.2 Å². The lowest BCUT2D eigenvalue weighted by Gasteiger charge is -2.28. The molecule has 0 bridgehead atoms. The summed E-state index contributed by atoms with van der Waals surface area (Å²) in [5.74, 6) is -4.41. The molecule has 0 aliphatic carbocycles. The number of hydrogen-bond donors (Lipinski definition) is 0. The number of aryl methyl sites for hydroxylation is 1. The molecule has 0 atom stereocenters. The first kappa shape index (κ1) is 27.3. The van der Waals surface area contributed by atoms with Gasteiger partial charge in [0.05, 0.1) is 13.2 Å². The van der Waals surface area contributed by atoms with Gasteiger partial charge in [0.25, 0.3) is 0 Å². The summed E-state index contributed by atoms with van der Waals surface area (Å²) in [5, 5.41) is 1.27. The molecule has 5 rings (SSSR count). The second-order valence-corrected chi connectivity index (χ2v) is 10.5.